The highest BCUT2D eigenvalue weighted by molar-refractivity contribution is 7.92. The summed E-state index contributed by atoms with van der Waals surface area (Å²) in [5.74, 6) is -1.15. The average molecular weight is 425 g/mol. The Labute approximate surface area is 174 Å². The lowest BCUT2D eigenvalue weighted by atomic mass is 10.2. The third-order valence-electron chi connectivity index (χ3n) is 4.21. The van der Waals surface area contributed by atoms with Crippen molar-refractivity contribution in [2.24, 2.45) is 5.10 Å². The van der Waals surface area contributed by atoms with Crippen LogP contribution in [0, 0.1) is 12.7 Å². The molecule has 0 aliphatic heterocycles. The number of benzene rings is 3. The summed E-state index contributed by atoms with van der Waals surface area (Å²) < 4.78 is 40.4. The van der Waals surface area contributed by atoms with E-state index in [1.807, 2.05) is 31.2 Å². The fraction of sp³-hybridized carbons (Fsp3) is 0.0909. The molecule has 0 aliphatic carbocycles. The number of sulfonamides is 1. The summed E-state index contributed by atoms with van der Waals surface area (Å²) in [5, 5.41) is 3.88. The van der Waals surface area contributed by atoms with Crippen molar-refractivity contribution in [2.75, 3.05) is 10.8 Å². The van der Waals surface area contributed by atoms with Crippen molar-refractivity contribution >= 4 is 27.8 Å². The molecule has 6 nitrogen and oxygen atoms in total. The van der Waals surface area contributed by atoms with Crippen LogP contribution >= 0.6 is 0 Å². The number of amides is 1. The Morgan fingerprint density at radius 2 is 1.63 bits per heavy atom. The van der Waals surface area contributed by atoms with E-state index in [0.29, 0.717) is 0 Å². The van der Waals surface area contributed by atoms with Crippen molar-refractivity contribution in [3.05, 3.63) is 95.8 Å². The summed E-state index contributed by atoms with van der Waals surface area (Å²) in [4.78, 5) is 12.4. The Bertz CT molecular complexity index is 1130. The normalized spacial score (nSPS) is 11.4. The van der Waals surface area contributed by atoms with E-state index >= 15 is 0 Å². The van der Waals surface area contributed by atoms with E-state index in [9.17, 15) is 17.6 Å². The monoisotopic (exact) mass is 425 g/mol. The molecular formula is C22H20FN3O3S. The molecule has 0 heterocycles. The van der Waals surface area contributed by atoms with Crippen LogP contribution in [0.5, 0.6) is 0 Å². The van der Waals surface area contributed by atoms with Crippen molar-refractivity contribution in [2.45, 2.75) is 11.8 Å². The molecule has 0 bridgehead atoms. The second-order valence-corrected chi connectivity index (χ2v) is 8.37. The maximum Gasteiger partial charge on any atom is 0.264 e. The molecule has 3 aromatic rings. The Kier molecular flexibility index (Phi) is 6.58. The Morgan fingerprint density at radius 1 is 1.00 bits per heavy atom. The lowest BCUT2D eigenvalue weighted by Gasteiger charge is -2.23. The van der Waals surface area contributed by atoms with Crippen LogP contribution in [-0.4, -0.2) is 27.1 Å². The van der Waals surface area contributed by atoms with E-state index < -0.39 is 28.3 Å². The quantitative estimate of drug-likeness (QED) is 0.465. The van der Waals surface area contributed by atoms with Crippen molar-refractivity contribution < 1.29 is 17.6 Å². The first-order valence-electron chi connectivity index (χ1n) is 9.08. The number of anilines is 1. The largest absolute Gasteiger partial charge is 0.271 e. The van der Waals surface area contributed by atoms with E-state index in [1.54, 1.807) is 18.2 Å². The first-order valence-corrected chi connectivity index (χ1v) is 10.5. The molecule has 0 spiro atoms. The summed E-state index contributed by atoms with van der Waals surface area (Å²) in [6.07, 6.45) is 1.46. The van der Waals surface area contributed by atoms with Gasteiger partial charge in [0.05, 0.1) is 16.8 Å². The molecule has 8 heteroatoms. The number of aryl methyl sites for hydroxylation is 1. The molecule has 0 aromatic heterocycles. The number of rotatable bonds is 7. The third-order valence-corrected chi connectivity index (χ3v) is 6.00. The predicted octanol–water partition coefficient (Wildman–Crippen LogP) is 3.48. The summed E-state index contributed by atoms with van der Waals surface area (Å²) in [6.45, 7) is 1.44. The van der Waals surface area contributed by atoms with Gasteiger partial charge < -0.3 is 0 Å². The zero-order chi connectivity index (χ0) is 21.6. The van der Waals surface area contributed by atoms with Gasteiger partial charge in [-0.05, 0) is 48.9 Å². The van der Waals surface area contributed by atoms with E-state index in [-0.39, 0.29) is 10.6 Å². The Balaban J connectivity index is 1.81. The van der Waals surface area contributed by atoms with Crippen LogP contribution in [0.15, 0.2) is 88.9 Å². The third kappa shape index (κ3) is 5.30. The van der Waals surface area contributed by atoms with Crippen molar-refractivity contribution in [1.29, 1.82) is 0 Å². The highest BCUT2D eigenvalue weighted by Crippen LogP contribution is 2.23. The van der Waals surface area contributed by atoms with Crippen LogP contribution in [0.2, 0.25) is 0 Å². The van der Waals surface area contributed by atoms with E-state index in [4.69, 9.17) is 0 Å². The molecule has 0 aliphatic rings. The van der Waals surface area contributed by atoms with Gasteiger partial charge in [0, 0.05) is 0 Å². The van der Waals surface area contributed by atoms with Gasteiger partial charge in [-0.25, -0.2) is 18.2 Å². The molecule has 0 radical (unpaired) electrons. The number of hydrogen-bond acceptors (Lipinski definition) is 4. The minimum absolute atomic E-state index is 0.0188. The number of carbonyl (C=O) groups excluding carboxylic acids is 1. The van der Waals surface area contributed by atoms with Crippen molar-refractivity contribution in [3.63, 3.8) is 0 Å². The second-order valence-electron chi connectivity index (χ2n) is 6.51. The molecule has 3 aromatic carbocycles. The van der Waals surface area contributed by atoms with E-state index in [2.05, 4.69) is 10.5 Å². The van der Waals surface area contributed by atoms with E-state index in [0.717, 1.165) is 27.6 Å². The number of carbonyl (C=O) groups is 1. The zero-order valence-corrected chi connectivity index (χ0v) is 17.0. The summed E-state index contributed by atoms with van der Waals surface area (Å²) in [6, 6.07) is 20.1. The van der Waals surface area contributed by atoms with Gasteiger partial charge in [0.1, 0.15) is 12.4 Å². The van der Waals surface area contributed by atoms with Crippen molar-refractivity contribution in [3.8, 4) is 0 Å². The van der Waals surface area contributed by atoms with E-state index in [1.165, 1.54) is 30.5 Å². The molecule has 154 valence electrons. The number of nitrogens with one attached hydrogen (secondary N) is 1. The first kappa shape index (κ1) is 21.2. The van der Waals surface area contributed by atoms with Crippen molar-refractivity contribution in [1.82, 2.24) is 5.43 Å². The zero-order valence-electron chi connectivity index (χ0n) is 16.2. The van der Waals surface area contributed by atoms with Crippen LogP contribution < -0.4 is 9.73 Å². The van der Waals surface area contributed by atoms with Gasteiger partial charge in [-0.15, -0.1) is 0 Å². The fourth-order valence-corrected chi connectivity index (χ4v) is 4.08. The molecule has 0 saturated carbocycles. The molecule has 30 heavy (non-hydrogen) atoms. The topological polar surface area (TPSA) is 78.8 Å². The standard InChI is InChI=1S/C22H20FN3O3S/c1-17-7-9-18(10-8-17)15-24-25-22(27)16-26(20-13-11-19(23)12-14-20)30(28,29)21-5-3-2-4-6-21/h2-15H,16H2,1H3,(H,25,27)/b24-15-. The van der Waals surface area contributed by atoms with Crippen LogP contribution in [-0.2, 0) is 14.8 Å². The van der Waals surface area contributed by atoms with Gasteiger partial charge in [-0.1, -0.05) is 48.0 Å². The number of nitrogens with zero attached hydrogens (tertiary/aromatic N) is 2. The lowest BCUT2D eigenvalue weighted by molar-refractivity contribution is -0.119. The summed E-state index contributed by atoms with van der Waals surface area (Å²) in [7, 11) is -4.05. The van der Waals surface area contributed by atoms with Crippen LogP contribution in [0.25, 0.3) is 0 Å². The molecule has 1 amide bonds. The minimum atomic E-state index is -4.05. The maximum absolute atomic E-state index is 13.3. The maximum atomic E-state index is 13.3. The van der Waals surface area contributed by atoms with Gasteiger partial charge >= 0.3 is 0 Å². The summed E-state index contributed by atoms with van der Waals surface area (Å²) in [5.41, 5.74) is 4.38. The van der Waals surface area contributed by atoms with Crippen LogP contribution in [0.1, 0.15) is 11.1 Å². The van der Waals surface area contributed by atoms with Crippen LogP contribution in [0.3, 0.4) is 0 Å². The van der Waals surface area contributed by atoms with Gasteiger partial charge in [-0.3, -0.25) is 9.10 Å². The summed E-state index contributed by atoms with van der Waals surface area (Å²) >= 11 is 0. The number of hydrazone groups is 1. The second kappa shape index (κ2) is 9.32. The van der Waals surface area contributed by atoms with Gasteiger partial charge in [-0.2, -0.15) is 5.10 Å². The van der Waals surface area contributed by atoms with Gasteiger partial charge in [0.2, 0.25) is 0 Å². The van der Waals surface area contributed by atoms with Gasteiger partial charge in [0.15, 0.2) is 0 Å². The first-order chi connectivity index (χ1) is 14.4. The lowest BCUT2D eigenvalue weighted by Crippen LogP contribution is -2.39. The molecule has 0 atom stereocenters. The molecule has 0 unspecified atom stereocenters. The molecule has 1 N–H and O–H groups in total. The smallest absolute Gasteiger partial charge is 0.264 e. The minimum Gasteiger partial charge on any atom is -0.271 e. The SMILES string of the molecule is Cc1ccc(/C=N\NC(=O)CN(c2ccc(F)cc2)S(=O)(=O)c2ccccc2)cc1. The molecule has 0 saturated heterocycles. The Morgan fingerprint density at radius 3 is 2.27 bits per heavy atom. The molecule has 0 fully saturated rings. The van der Waals surface area contributed by atoms with Gasteiger partial charge in [0.25, 0.3) is 15.9 Å². The average Bonchev–Trinajstić information content (AvgIpc) is 2.75. The predicted molar refractivity (Wildman–Crippen MR) is 114 cm³/mol. The number of hydrogen-bond donors (Lipinski definition) is 1. The molecule has 3 rings (SSSR count). The number of halogens is 1. The molecular weight excluding hydrogens is 405 g/mol. The Hall–Kier alpha value is -3.52. The van der Waals surface area contributed by atoms with Crippen LogP contribution in [0.4, 0.5) is 10.1 Å². The highest BCUT2D eigenvalue weighted by atomic mass is 32.2. The fourth-order valence-electron chi connectivity index (χ4n) is 2.64. The highest BCUT2D eigenvalue weighted by Gasteiger charge is 2.27.